The third-order valence-electron chi connectivity index (χ3n) is 6.13. The maximum atomic E-state index is 12.6. The normalized spacial score (nSPS) is 19.8. The number of hydrogen-bond acceptors (Lipinski definition) is 8. The molecular formula is C21H37NO7. The van der Waals surface area contributed by atoms with Gasteiger partial charge < -0.3 is 19.0 Å². The molecule has 1 unspecified atom stereocenters. The third-order valence-corrected chi connectivity index (χ3v) is 6.13. The lowest BCUT2D eigenvalue weighted by Gasteiger charge is -2.56. The fraction of sp³-hybridized carbons (Fsp3) is 0.857. The van der Waals surface area contributed by atoms with Crippen molar-refractivity contribution < 1.29 is 33.4 Å². The summed E-state index contributed by atoms with van der Waals surface area (Å²) in [5.74, 6) is -1.00. The van der Waals surface area contributed by atoms with Crippen LogP contribution in [-0.4, -0.2) is 47.1 Å². The highest BCUT2D eigenvalue weighted by molar-refractivity contribution is 5.73. The topological polar surface area (TPSA) is 91.4 Å². The Balaban J connectivity index is 3.20. The molecule has 0 N–H and O–H groups in total. The van der Waals surface area contributed by atoms with E-state index in [4.69, 9.17) is 19.0 Å². The molecule has 0 aromatic carbocycles. The zero-order valence-electron chi connectivity index (χ0n) is 18.9. The van der Waals surface area contributed by atoms with Gasteiger partial charge in [-0.05, 0) is 45.4 Å². The van der Waals surface area contributed by atoms with Gasteiger partial charge in [0.05, 0.1) is 23.6 Å². The smallest absolute Gasteiger partial charge is 0.466 e. The van der Waals surface area contributed by atoms with Gasteiger partial charge in [-0.3, -0.25) is 9.59 Å². The predicted molar refractivity (Wildman–Crippen MR) is 107 cm³/mol. The van der Waals surface area contributed by atoms with Crippen molar-refractivity contribution in [3.63, 3.8) is 0 Å². The van der Waals surface area contributed by atoms with Crippen LogP contribution in [0.2, 0.25) is 0 Å². The molecule has 1 heterocycles. The second-order valence-corrected chi connectivity index (χ2v) is 7.65. The Hall–Kier alpha value is -1.83. The Morgan fingerprint density at radius 3 is 1.79 bits per heavy atom. The molecule has 1 atom stereocenters. The van der Waals surface area contributed by atoms with Gasteiger partial charge in [-0.25, -0.2) is 4.79 Å². The van der Waals surface area contributed by atoms with Gasteiger partial charge in [0.1, 0.15) is 0 Å². The summed E-state index contributed by atoms with van der Waals surface area (Å²) in [6.45, 7) is 12.9. The molecule has 0 saturated carbocycles. The minimum Gasteiger partial charge on any atom is -0.466 e. The molecule has 8 nitrogen and oxygen atoms in total. The summed E-state index contributed by atoms with van der Waals surface area (Å²) in [4.78, 5) is 41.9. The van der Waals surface area contributed by atoms with Crippen molar-refractivity contribution in [1.29, 1.82) is 0 Å². The van der Waals surface area contributed by atoms with E-state index >= 15 is 0 Å². The average Bonchev–Trinajstić information content (AvgIpc) is 2.67. The average molecular weight is 416 g/mol. The first-order valence-corrected chi connectivity index (χ1v) is 10.7. The van der Waals surface area contributed by atoms with Crippen molar-refractivity contribution in [2.75, 3.05) is 6.61 Å². The maximum absolute atomic E-state index is 12.6. The number of nitrogens with zero attached hydrogens (tertiary/aromatic N) is 1. The Kier molecular flexibility index (Phi) is 9.39. The highest BCUT2D eigenvalue weighted by atomic mass is 16.9. The molecule has 1 rings (SSSR count). The summed E-state index contributed by atoms with van der Waals surface area (Å²) in [6, 6.07) is 0. The number of piperidine rings is 1. The zero-order chi connectivity index (χ0) is 22.2. The van der Waals surface area contributed by atoms with Gasteiger partial charge in [0.15, 0.2) is 0 Å². The first-order chi connectivity index (χ1) is 13.6. The summed E-state index contributed by atoms with van der Waals surface area (Å²) >= 11 is 0. The highest BCUT2D eigenvalue weighted by Gasteiger charge is 2.56. The largest absolute Gasteiger partial charge is 0.531 e. The van der Waals surface area contributed by atoms with Gasteiger partial charge in [0, 0.05) is 13.8 Å². The standard InChI is InChI=1S/C21H37NO7/c1-8-20(9-2)13-17(18(24)26-12-5)14-21(10-3,11-4)22(20)29-19(25)28-16(7)27-15(6)23/h16-17H,8-14H2,1-7H3. The molecule has 1 aliphatic rings. The molecular weight excluding hydrogens is 378 g/mol. The number of hydrogen-bond donors (Lipinski definition) is 0. The summed E-state index contributed by atoms with van der Waals surface area (Å²) in [7, 11) is 0. The predicted octanol–water partition coefficient (Wildman–Crippen LogP) is 4.36. The van der Waals surface area contributed by atoms with Crippen molar-refractivity contribution >= 4 is 18.1 Å². The molecule has 29 heavy (non-hydrogen) atoms. The molecule has 0 bridgehead atoms. The highest BCUT2D eigenvalue weighted by Crippen LogP contribution is 2.48. The Labute approximate surface area is 174 Å². The van der Waals surface area contributed by atoms with E-state index in [0.29, 0.717) is 45.1 Å². The van der Waals surface area contributed by atoms with Crippen molar-refractivity contribution in [1.82, 2.24) is 5.06 Å². The number of rotatable bonds is 9. The molecule has 1 saturated heterocycles. The molecule has 0 spiro atoms. The van der Waals surface area contributed by atoms with Crippen molar-refractivity contribution in [3.8, 4) is 0 Å². The third kappa shape index (κ3) is 5.84. The lowest BCUT2D eigenvalue weighted by atomic mass is 9.68. The van der Waals surface area contributed by atoms with Gasteiger partial charge in [-0.1, -0.05) is 27.7 Å². The Bertz CT molecular complexity index is 547. The van der Waals surface area contributed by atoms with Crippen LogP contribution in [0.5, 0.6) is 0 Å². The van der Waals surface area contributed by atoms with E-state index in [0.717, 1.165) is 0 Å². The van der Waals surface area contributed by atoms with Crippen LogP contribution in [0, 0.1) is 5.92 Å². The SMILES string of the molecule is CCOC(=O)C1CC(CC)(CC)N(OC(=O)OC(C)OC(C)=O)C(CC)(CC)C1. The van der Waals surface area contributed by atoms with Crippen LogP contribution < -0.4 is 0 Å². The first kappa shape index (κ1) is 25.2. The van der Waals surface area contributed by atoms with Crippen LogP contribution in [0.15, 0.2) is 0 Å². The van der Waals surface area contributed by atoms with Crippen molar-refractivity contribution in [2.24, 2.45) is 5.92 Å². The van der Waals surface area contributed by atoms with Crippen molar-refractivity contribution in [3.05, 3.63) is 0 Å². The Morgan fingerprint density at radius 2 is 1.41 bits per heavy atom. The monoisotopic (exact) mass is 415 g/mol. The maximum Gasteiger partial charge on any atom is 0.531 e. The van der Waals surface area contributed by atoms with Gasteiger partial charge >= 0.3 is 18.1 Å². The van der Waals surface area contributed by atoms with E-state index in [1.54, 1.807) is 12.0 Å². The fourth-order valence-electron chi connectivity index (χ4n) is 4.42. The van der Waals surface area contributed by atoms with Gasteiger partial charge in [0.2, 0.25) is 6.29 Å². The van der Waals surface area contributed by atoms with Gasteiger partial charge in [-0.15, -0.1) is 5.06 Å². The summed E-state index contributed by atoms with van der Waals surface area (Å²) in [5, 5.41) is 1.76. The quantitative estimate of drug-likeness (QED) is 0.405. The molecule has 168 valence electrons. The minimum atomic E-state index is -1.05. The summed E-state index contributed by atoms with van der Waals surface area (Å²) in [5.41, 5.74) is -1.04. The van der Waals surface area contributed by atoms with Gasteiger partial charge in [-0.2, -0.15) is 0 Å². The van der Waals surface area contributed by atoms with E-state index in [-0.39, 0.29) is 11.9 Å². The number of esters is 2. The van der Waals surface area contributed by atoms with Crippen LogP contribution in [0.25, 0.3) is 0 Å². The minimum absolute atomic E-state index is 0.198. The lowest BCUT2D eigenvalue weighted by molar-refractivity contribution is -0.286. The van der Waals surface area contributed by atoms with E-state index in [1.165, 1.54) is 13.8 Å². The van der Waals surface area contributed by atoms with Crippen LogP contribution >= 0.6 is 0 Å². The molecule has 8 heteroatoms. The van der Waals surface area contributed by atoms with Crippen LogP contribution in [0.4, 0.5) is 4.79 Å². The molecule has 0 aromatic rings. The number of hydroxylamine groups is 2. The molecule has 1 aliphatic heterocycles. The van der Waals surface area contributed by atoms with Crippen LogP contribution in [0.1, 0.15) is 87.0 Å². The van der Waals surface area contributed by atoms with Crippen molar-refractivity contribution in [2.45, 2.75) is 104 Å². The second-order valence-electron chi connectivity index (χ2n) is 7.65. The number of ether oxygens (including phenoxy) is 3. The Morgan fingerprint density at radius 1 is 0.931 bits per heavy atom. The van der Waals surface area contributed by atoms with E-state index in [1.807, 2.05) is 27.7 Å². The summed E-state index contributed by atoms with van der Waals surface area (Å²) < 4.78 is 15.3. The van der Waals surface area contributed by atoms with Crippen LogP contribution in [-0.2, 0) is 28.6 Å². The van der Waals surface area contributed by atoms with Crippen LogP contribution in [0.3, 0.4) is 0 Å². The van der Waals surface area contributed by atoms with E-state index in [9.17, 15) is 14.4 Å². The first-order valence-electron chi connectivity index (χ1n) is 10.7. The van der Waals surface area contributed by atoms with Gasteiger partial charge in [0.25, 0.3) is 0 Å². The summed E-state index contributed by atoms with van der Waals surface area (Å²) in [6.07, 6.45) is 1.85. The molecule has 0 amide bonds. The fourth-order valence-corrected chi connectivity index (χ4v) is 4.42. The zero-order valence-corrected chi connectivity index (χ0v) is 18.9. The molecule has 0 aromatic heterocycles. The van der Waals surface area contributed by atoms with E-state index < -0.39 is 29.5 Å². The molecule has 1 fully saturated rings. The lowest BCUT2D eigenvalue weighted by Crippen LogP contribution is -2.65. The molecule has 0 aliphatic carbocycles. The second kappa shape index (κ2) is 10.8. The number of carbonyl (C=O) groups is 3. The molecule has 0 radical (unpaired) electrons. The van der Waals surface area contributed by atoms with E-state index in [2.05, 4.69) is 0 Å². The number of carbonyl (C=O) groups excluding carboxylic acids is 3.